The van der Waals surface area contributed by atoms with E-state index in [2.05, 4.69) is 4.74 Å². The van der Waals surface area contributed by atoms with Crippen LogP contribution in [-0.4, -0.2) is 33.5 Å². The Hall–Kier alpha value is -2.94. The van der Waals surface area contributed by atoms with E-state index in [9.17, 15) is 23.3 Å². The summed E-state index contributed by atoms with van der Waals surface area (Å²) in [5.41, 5.74) is 0.761. The van der Waals surface area contributed by atoms with Gasteiger partial charge in [-0.1, -0.05) is 12.1 Å². The molecule has 0 aliphatic heterocycles. The molecule has 2 aromatic rings. The number of carbonyl (C=O) groups excluding carboxylic acids is 1. The minimum absolute atomic E-state index is 0.198. The van der Waals surface area contributed by atoms with E-state index in [1.54, 1.807) is 13.0 Å². The van der Waals surface area contributed by atoms with Gasteiger partial charge in [0.05, 0.1) is 28.2 Å². The Balaban J connectivity index is 2.52. The molecule has 0 unspecified atom stereocenters. The van der Waals surface area contributed by atoms with Crippen molar-refractivity contribution in [2.75, 3.05) is 18.5 Å². The van der Waals surface area contributed by atoms with Gasteiger partial charge in [0.25, 0.3) is 15.7 Å². The molecule has 25 heavy (non-hydrogen) atoms. The molecule has 2 rings (SSSR count). The second-order valence-corrected chi connectivity index (χ2v) is 7.19. The van der Waals surface area contributed by atoms with Gasteiger partial charge in [-0.3, -0.25) is 14.4 Å². The normalized spacial score (nSPS) is 11.0. The first-order valence-corrected chi connectivity index (χ1v) is 8.55. The lowest BCUT2D eigenvalue weighted by Gasteiger charge is -2.22. The van der Waals surface area contributed by atoms with Crippen LogP contribution in [0.1, 0.15) is 15.9 Å². The van der Waals surface area contributed by atoms with E-state index < -0.39 is 20.9 Å². The molecule has 2 aromatic carbocycles. The highest BCUT2D eigenvalue weighted by molar-refractivity contribution is 7.92. The molecule has 0 bridgehead atoms. The van der Waals surface area contributed by atoms with Crippen molar-refractivity contribution in [3.05, 3.63) is 63.7 Å². The molecular weight excluding hydrogens is 348 g/mol. The summed E-state index contributed by atoms with van der Waals surface area (Å²) in [6.45, 7) is 1.69. The number of non-ortho nitro benzene ring substituents is 1. The average Bonchev–Trinajstić information content (AvgIpc) is 2.60. The van der Waals surface area contributed by atoms with E-state index >= 15 is 0 Å². The number of nitrogens with zero attached hydrogens (tertiary/aromatic N) is 2. The summed E-state index contributed by atoms with van der Waals surface area (Å²) in [4.78, 5) is 21.7. The monoisotopic (exact) mass is 364 g/mol. The van der Waals surface area contributed by atoms with E-state index in [0.29, 0.717) is 5.56 Å². The standard InChI is InChI=1S/C16H16N2O6S/c1-11-7-8-12(16(19)24-3)9-15(11)17(2)25(22,23)14-6-4-5-13(10-14)18(20)21/h4-10H,1-3H3. The van der Waals surface area contributed by atoms with E-state index in [-0.39, 0.29) is 21.8 Å². The zero-order valence-corrected chi connectivity index (χ0v) is 14.6. The summed E-state index contributed by atoms with van der Waals surface area (Å²) in [7, 11) is -1.50. The number of aryl methyl sites for hydroxylation is 1. The third-order valence-corrected chi connectivity index (χ3v) is 5.42. The van der Waals surface area contributed by atoms with E-state index in [4.69, 9.17) is 0 Å². The molecule has 9 heteroatoms. The second-order valence-electron chi connectivity index (χ2n) is 5.22. The Kier molecular flexibility index (Phi) is 5.07. The van der Waals surface area contributed by atoms with Crippen LogP contribution in [0.25, 0.3) is 0 Å². The van der Waals surface area contributed by atoms with Crippen molar-refractivity contribution in [2.45, 2.75) is 11.8 Å². The Morgan fingerprint density at radius 2 is 1.88 bits per heavy atom. The van der Waals surface area contributed by atoms with Crippen LogP contribution in [-0.2, 0) is 14.8 Å². The number of benzene rings is 2. The van der Waals surface area contributed by atoms with Crippen LogP contribution in [0.4, 0.5) is 11.4 Å². The van der Waals surface area contributed by atoms with Crippen molar-refractivity contribution < 1.29 is 22.9 Å². The molecule has 0 aliphatic carbocycles. The maximum atomic E-state index is 12.8. The maximum Gasteiger partial charge on any atom is 0.337 e. The second kappa shape index (κ2) is 6.89. The molecule has 0 saturated carbocycles. The molecule has 0 aliphatic rings. The van der Waals surface area contributed by atoms with Crippen molar-refractivity contribution in [3.8, 4) is 0 Å². The molecule has 8 nitrogen and oxygen atoms in total. The number of nitro benzene ring substituents is 1. The lowest BCUT2D eigenvalue weighted by atomic mass is 10.1. The Bertz CT molecular complexity index is 939. The third kappa shape index (κ3) is 3.61. The first-order chi connectivity index (χ1) is 11.7. The number of rotatable bonds is 5. The molecule has 0 N–H and O–H groups in total. The maximum absolute atomic E-state index is 12.8. The summed E-state index contributed by atoms with van der Waals surface area (Å²) < 4.78 is 31.2. The van der Waals surface area contributed by atoms with Gasteiger partial charge in [-0.05, 0) is 30.7 Å². The molecule has 0 fully saturated rings. The molecule has 0 amide bonds. The van der Waals surface area contributed by atoms with Gasteiger partial charge in [-0.2, -0.15) is 0 Å². The van der Waals surface area contributed by atoms with Gasteiger partial charge in [0.15, 0.2) is 0 Å². The molecule has 132 valence electrons. The molecule has 0 spiro atoms. The first kappa shape index (κ1) is 18.4. The molecule has 0 heterocycles. The van der Waals surface area contributed by atoms with E-state index in [1.165, 1.54) is 44.5 Å². The third-order valence-electron chi connectivity index (χ3n) is 3.66. The molecule has 0 aromatic heterocycles. The minimum Gasteiger partial charge on any atom is -0.465 e. The smallest absolute Gasteiger partial charge is 0.337 e. The van der Waals surface area contributed by atoms with Gasteiger partial charge < -0.3 is 4.74 Å². The van der Waals surface area contributed by atoms with Crippen LogP contribution in [0.3, 0.4) is 0 Å². The van der Waals surface area contributed by atoms with Crippen LogP contribution in [0, 0.1) is 17.0 Å². The average molecular weight is 364 g/mol. The topological polar surface area (TPSA) is 107 Å². The number of sulfonamides is 1. The largest absolute Gasteiger partial charge is 0.465 e. The van der Waals surface area contributed by atoms with Gasteiger partial charge in [-0.25, -0.2) is 13.2 Å². The number of ether oxygens (including phenoxy) is 1. The van der Waals surface area contributed by atoms with Crippen molar-refractivity contribution in [2.24, 2.45) is 0 Å². The van der Waals surface area contributed by atoms with Gasteiger partial charge in [0.2, 0.25) is 0 Å². The number of esters is 1. The summed E-state index contributed by atoms with van der Waals surface area (Å²) in [5, 5.41) is 10.9. The van der Waals surface area contributed by atoms with Crippen molar-refractivity contribution in [1.82, 2.24) is 0 Å². The van der Waals surface area contributed by atoms with Crippen LogP contribution >= 0.6 is 0 Å². The predicted octanol–water partition coefficient (Wildman–Crippen LogP) is 2.51. The number of hydrogen-bond acceptors (Lipinski definition) is 6. The highest BCUT2D eigenvalue weighted by Gasteiger charge is 2.25. The predicted molar refractivity (Wildman–Crippen MR) is 91.2 cm³/mol. The first-order valence-electron chi connectivity index (χ1n) is 7.11. The highest BCUT2D eigenvalue weighted by Crippen LogP contribution is 2.28. The SMILES string of the molecule is COC(=O)c1ccc(C)c(N(C)S(=O)(=O)c2cccc([N+](=O)[O-])c2)c1. The zero-order valence-electron chi connectivity index (χ0n) is 13.8. The fourth-order valence-electron chi connectivity index (χ4n) is 2.24. The van der Waals surface area contributed by atoms with Crippen LogP contribution in [0.15, 0.2) is 47.4 Å². The molecule has 0 atom stereocenters. The Morgan fingerprint density at radius 3 is 2.48 bits per heavy atom. The minimum atomic E-state index is -4.04. The van der Waals surface area contributed by atoms with Crippen LogP contribution in [0.2, 0.25) is 0 Å². The fourth-order valence-corrected chi connectivity index (χ4v) is 3.53. The summed E-state index contributed by atoms with van der Waals surface area (Å²) in [6, 6.07) is 9.30. The zero-order chi connectivity index (χ0) is 18.8. The van der Waals surface area contributed by atoms with E-state index in [1.807, 2.05) is 0 Å². The van der Waals surface area contributed by atoms with Gasteiger partial charge >= 0.3 is 5.97 Å². The fraction of sp³-hybridized carbons (Fsp3) is 0.188. The number of nitro groups is 1. The Morgan fingerprint density at radius 1 is 1.20 bits per heavy atom. The Labute approximate surface area is 144 Å². The number of hydrogen-bond donors (Lipinski definition) is 0. The van der Waals surface area contributed by atoms with Crippen molar-refractivity contribution in [1.29, 1.82) is 0 Å². The summed E-state index contributed by atoms with van der Waals surface area (Å²) >= 11 is 0. The van der Waals surface area contributed by atoms with Crippen LogP contribution in [0.5, 0.6) is 0 Å². The lowest BCUT2D eigenvalue weighted by molar-refractivity contribution is -0.385. The van der Waals surface area contributed by atoms with Gasteiger partial charge in [0, 0.05) is 19.2 Å². The van der Waals surface area contributed by atoms with Crippen LogP contribution < -0.4 is 4.31 Å². The van der Waals surface area contributed by atoms with E-state index in [0.717, 1.165) is 10.4 Å². The van der Waals surface area contributed by atoms with Crippen molar-refractivity contribution >= 4 is 27.4 Å². The number of carbonyl (C=O) groups is 1. The lowest BCUT2D eigenvalue weighted by Crippen LogP contribution is -2.27. The summed E-state index contributed by atoms with van der Waals surface area (Å²) in [6.07, 6.45) is 0. The highest BCUT2D eigenvalue weighted by atomic mass is 32.2. The van der Waals surface area contributed by atoms with Crippen molar-refractivity contribution in [3.63, 3.8) is 0 Å². The van der Waals surface area contributed by atoms with Gasteiger partial charge in [0.1, 0.15) is 0 Å². The van der Waals surface area contributed by atoms with Gasteiger partial charge in [-0.15, -0.1) is 0 Å². The number of anilines is 1. The molecule has 0 radical (unpaired) electrons. The summed E-state index contributed by atoms with van der Waals surface area (Å²) in [5.74, 6) is -0.595. The molecular formula is C16H16N2O6S. The number of methoxy groups -OCH3 is 1. The quantitative estimate of drug-likeness (QED) is 0.458. The molecule has 0 saturated heterocycles.